The minimum atomic E-state index is -0.287. The van der Waals surface area contributed by atoms with Crippen molar-refractivity contribution in [3.8, 4) is 0 Å². The number of fused-ring (bicyclic) bond motifs is 1. The number of carbonyl (C=O) groups excluding carboxylic acids is 1. The van der Waals surface area contributed by atoms with Gasteiger partial charge in [0.25, 0.3) is 0 Å². The number of nitrogens with zero attached hydrogens (tertiary/aromatic N) is 3. The van der Waals surface area contributed by atoms with Crippen LogP contribution < -0.4 is 4.90 Å². The van der Waals surface area contributed by atoms with Crippen molar-refractivity contribution < 1.29 is 9.53 Å². The molecule has 0 atom stereocenters. The number of para-hydroxylation sites is 1. The molecule has 0 amide bonds. The van der Waals surface area contributed by atoms with Gasteiger partial charge < -0.3 is 9.64 Å². The zero-order valence-electron chi connectivity index (χ0n) is 11.2. The molecule has 0 saturated carbocycles. The highest BCUT2D eigenvalue weighted by atomic mass is 16.5. The first-order valence-electron chi connectivity index (χ1n) is 6.28. The van der Waals surface area contributed by atoms with E-state index in [2.05, 4.69) is 9.97 Å². The average molecular weight is 259 g/mol. The molecule has 1 aromatic heterocycles. The Morgan fingerprint density at radius 3 is 2.89 bits per heavy atom. The lowest BCUT2D eigenvalue weighted by atomic mass is 10.2. The highest BCUT2D eigenvalue weighted by Gasteiger charge is 2.13. The molecule has 0 spiro atoms. The van der Waals surface area contributed by atoms with E-state index in [1.165, 1.54) is 7.11 Å². The maximum absolute atomic E-state index is 11.4. The number of esters is 1. The second kappa shape index (κ2) is 6.13. The molecular formula is C14H17N3O2. The molecule has 0 N–H and O–H groups in total. The number of hydrogen-bond acceptors (Lipinski definition) is 5. The van der Waals surface area contributed by atoms with E-state index in [0.29, 0.717) is 12.5 Å². The molecule has 19 heavy (non-hydrogen) atoms. The number of methoxy groups -OCH3 is 1. The van der Waals surface area contributed by atoms with E-state index >= 15 is 0 Å². The number of aromatic nitrogens is 2. The topological polar surface area (TPSA) is 55.3 Å². The van der Waals surface area contributed by atoms with Crippen LogP contribution in [0.25, 0.3) is 10.9 Å². The number of hydrogen-bond donors (Lipinski definition) is 0. The summed E-state index contributed by atoms with van der Waals surface area (Å²) in [5, 5.41) is 0.987. The van der Waals surface area contributed by atoms with Crippen LogP contribution >= 0.6 is 0 Å². The molecule has 0 bridgehead atoms. The van der Waals surface area contributed by atoms with Crippen LogP contribution in [0.1, 0.15) is 13.3 Å². The molecule has 0 fully saturated rings. The molecule has 0 radical (unpaired) electrons. The lowest BCUT2D eigenvalue weighted by Crippen LogP contribution is -2.32. The van der Waals surface area contributed by atoms with Crippen LogP contribution in [0.3, 0.4) is 0 Å². The standard InChI is InChI=1S/C14H17N3O2/c1-3-8-17(10-13(18)19-2)14-15-9-11-6-4-5-7-12(11)16-14/h4-7,9H,3,8,10H2,1-2H3. The number of anilines is 1. The van der Waals surface area contributed by atoms with Gasteiger partial charge in [-0.25, -0.2) is 9.97 Å². The van der Waals surface area contributed by atoms with Crippen molar-refractivity contribution in [3.05, 3.63) is 30.5 Å². The summed E-state index contributed by atoms with van der Waals surface area (Å²) >= 11 is 0. The molecule has 0 saturated heterocycles. The van der Waals surface area contributed by atoms with Gasteiger partial charge in [-0.2, -0.15) is 0 Å². The fraction of sp³-hybridized carbons (Fsp3) is 0.357. The van der Waals surface area contributed by atoms with E-state index < -0.39 is 0 Å². The molecule has 0 unspecified atom stereocenters. The van der Waals surface area contributed by atoms with Gasteiger partial charge >= 0.3 is 5.97 Å². The summed E-state index contributed by atoms with van der Waals surface area (Å²) in [5.41, 5.74) is 0.874. The van der Waals surface area contributed by atoms with Crippen LogP contribution in [0.4, 0.5) is 5.95 Å². The van der Waals surface area contributed by atoms with Crippen molar-refractivity contribution in [2.75, 3.05) is 25.1 Å². The van der Waals surface area contributed by atoms with Crippen molar-refractivity contribution >= 4 is 22.8 Å². The molecule has 0 aliphatic carbocycles. The predicted octanol–water partition coefficient (Wildman–Crippen LogP) is 2.02. The van der Waals surface area contributed by atoms with Crippen molar-refractivity contribution in [1.82, 2.24) is 9.97 Å². The Labute approximate surface area is 112 Å². The summed E-state index contributed by atoms with van der Waals surface area (Å²) in [6.45, 7) is 2.93. The van der Waals surface area contributed by atoms with Gasteiger partial charge in [-0.3, -0.25) is 4.79 Å². The van der Waals surface area contributed by atoms with Gasteiger partial charge in [-0.15, -0.1) is 0 Å². The normalized spacial score (nSPS) is 10.4. The first kappa shape index (κ1) is 13.3. The lowest BCUT2D eigenvalue weighted by Gasteiger charge is -2.20. The first-order chi connectivity index (χ1) is 9.24. The van der Waals surface area contributed by atoms with Crippen molar-refractivity contribution in [3.63, 3.8) is 0 Å². The minimum absolute atomic E-state index is 0.169. The second-order valence-electron chi connectivity index (χ2n) is 4.23. The molecule has 1 heterocycles. The van der Waals surface area contributed by atoms with Gasteiger partial charge in [0.15, 0.2) is 0 Å². The molecule has 0 aliphatic heterocycles. The van der Waals surface area contributed by atoms with E-state index in [-0.39, 0.29) is 12.5 Å². The SMILES string of the molecule is CCCN(CC(=O)OC)c1ncc2ccccc2n1. The quantitative estimate of drug-likeness (QED) is 0.769. The third kappa shape index (κ3) is 3.19. The highest BCUT2D eigenvalue weighted by Crippen LogP contribution is 2.15. The van der Waals surface area contributed by atoms with E-state index in [1.807, 2.05) is 36.1 Å². The molecule has 0 aliphatic rings. The van der Waals surface area contributed by atoms with Gasteiger partial charge in [0.1, 0.15) is 6.54 Å². The maximum Gasteiger partial charge on any atom is 0.325 e. The van der Waals surface area contributed by atoms with E-state index in [1.54, 1.807) is 6.20 Å². The van der Waals surface area contributed by atoms with Gasteiger partial charge in [-0.05, 0) is 12.5 Å². The summed E-state index contributed by atoms with van der Waals surface area (Å²) in [5.74, 6) is 0.274. The fourth-order valence-electron chi connectivity index (χ4n) is 1.85. The first-order valence-corrected chi connectivity index (χ1v) is 6.28. The second-order valence-corrected chi connectivity index (χ2v) is 4.23. The Bertz CT molecular complexity index is 571. The molecule has 5 nitrogen and oxygen atoms in total. The van der Waals surface area contributed by atoms with E-state index in [4.69, 9.17) is 4.74 Å². The largest absolute Gasteiger partial charge is 0.468 e. The maximum atomic E-state index is 11.4. The molecule has 2 aromatic rings. The Morgan fingerprint density at radius 1 is 1.37 bits per heavy atom. The van der Waals surface area contributed by atoms with Crippen LogP contribution in [-0.2, 0) is 9.53 Å². The van der Waals surface area contributed by atoms with Crippen molar-refractivity contribution in [1.29, 1.82) is 0 Å². The highest BCUT2D eigenvalue weighted by molar-refractivity contribution is 5.79. The number of ether oxygens (including phenoxy) is 1. The van der Waals surface area contributed by atoms with Gasteiger partial charge in [0, 0.05) is 18.1 Å². The van der Waals surface area contributed by atoms with Crippen LogP contribution in [0.2, 0.25) is 0 Å². The Balaban J connectivity index is 2.30. The fourth-order valence-corrected chi connectivity index (χ4v) is 1.85. The average Bonchev–Trinajstić information content (AvgIpc) is 2.46. The Kier molecular flexibility index (Phi) is 4.28. The number of rotatable bonds is 5. The number of benzene rings is 1. The van der Waals surface area contributed by atoms with Gasteiger partial charge in [0.05, 0.1) is 12.6 Å². The molecule has 1 aromatic carbocycles. The van der Waals surface area contributed by atoms with Crippen molar-refractivity contribution in [2.45, 2.75) is 13.3 Å². The predicted molar refractivity (Wildman–Crippen MR) is 74.1 cm³/mol. The zero-order valence-corrected chi connectivity index (χ0v) is 11.2. The summed E-state index contributed by atoms with van der Waals surface area (Å²) in [6.07, 6.45) is 2.69. The Morgan fingerprint density at radius 2 is 2.16 bits per heavy atom. The van der Waals surface area contributed by atoms with Gasteiger partial charge in [0.2, 0.25) is 5.95 Å². The summed E-state index contributed by atoms with van der Waals surface area (Å²) in [7, 11) is 1.38. The molecular weight excluding hydrogens is 242 g/mol. The zero-order chi connectivity index (χ0) is 13.7. The summed E-state index contributed by atoms with van der Waals surface area (Å²) in [4.78, 5) is 22.1. The van der Waals surface area contributed by atoms with Crippen LogP contribution in [0.15, 0.2) is 30.5 Å². The monoisotopic (exact) mass is 259 g/mol. The van der Waals surface area contributed by atoms with E-state index in [0.717, 1.165) is 17.3 Å². The van der Waals surface area contributed by atoms with Crippen LogP contribution in [0, 0.1) is 0 Å². The molecule has 100 valence electrons. The summed E-state index contributed by atoms with van der Waals surface area (Å²) in [6, 6.07) is 7.78. The lowest BCUT2D eigenvalue weighted by molar-refractivity contribution is -0.138. The molecule has 5 heteroatoms. The molecule has 2 rings (SSSR count). The van der Waals surface area contributed by atoms with Crippen molar-refractivity contribution in [2.24, 2.45) is 0 Å². The van der Waals surface area contributed by atoms with Crippen LogP contribution in [0.5, 0.6) is 0 Å². The van der Waals surface area contributed by atoms with E-state index in [9.17, 15) is 4.79 Å². The summed E-state index contributed by atoms with van der Waals surface area (Å²) < 4.78 is 4.70. The smallest absolute Gasteiger partial charge is 0.325 e. The Hall–Kier alpha value is -2.17. The number of carbonyl (C=O) groups is 1. The van der Waals surface area contributed by atoms with Gasteiger partial charge in [-0.1, -0.05) is 25.1 Å². The third-order valence-electron chi connectivity index (χ3n) is 2.80. The minimum Gasteiger partial charge on any atom is -0.468 e. The van der Waals surface area contributed by atoms with Crippen LogP contribution in [-0.4, -0.2) is 36.1 Å². The third-order valence-corrected chi connectivity index (χ3v) is 2.80.